The third-order valence-corrected chi connectivity index (χ3v) is 4.16. The Morgan fingerprint density at radius 1 is 1.50 bits per heavy atom. The summed E-state index contributed by atoms with van der Waals surface area (Å²) in [5.74, 6) is 0.209. The van der Waals surface area contributed by atoms with Crippen LogP contribution in [-0.2, 0) is 16.1 Å². The molecule has 1 saturated heterocycles. The van der Waals surface area contributed by atoms with E-state index in [4.69, 9.17) is 26.8 Å². The van der Waals surface area contributed by atoms with Crippen molar-refractivity contribution in [1.82, 2.24) is 10.2 Å². The fourth-order valence-electron chi connectivity index (χ4n) is 2.56. The predicted octanol–water partition coefficient (Wildman–Crippen LogP) is 0.923. The molecule has 1 unspecified atom stereocenters. The zero-order valence-corrected chi connectivity index (χ0v) is 14.6. The topological polar surface area (TPSA) is 93.9 Å². The molecular weight excluding hydrogens is 334 g/mol. The van der Waals surface area contributed by atoms with Crippen molar-refractivity contribution >= 4 is 23.4 Å². The molecule has 8 heteroatoms. The van der Waals surface area contributed by atoms with Crippen LogP contribution < -0.4 is 20.5 Å². The van der Waals surface area contributed by atoms with E-state index in [-0.39, 0.29) is 18.6 Å². The van der Waals surface area contributed by atoms with Gasteiger partial charge in [-0.3, -0.25) is 14.5 Å². The summed E-state index contributed by atoms with van der Waals surface area (Å²) in [5, 5.41) is 3.23. The van der Waals surface area contributed by atoms with Crippen LogP contribution in [0.5, 0.6) is 11.5 Å². The Morgan fingerprint density at radius 3 is 2.92 bits per heavy atom. The van der Waals surface area contributed by atoms with Crippen molar-refractivity contribution < 1.29 is 19.1 Å². The molecule has 1 heterocycles. The molecule has 1 aliphatic rings. The van der Waals surface area contributed by atoms with Crippen molar-refractivity contribution in [3.63, 3.8) is 0 Å². The number of methoxy groups -OCH3 is 1. The molecule has 1 atom stereocenters. The number of nitrogens with two attached hydrogens (primary N) is 1. The number of amides is 2. The summed E-state index contributed by atoms with van der Waals surface area (Å²) in [6, 6.07) is 3.80. The van der Waals surface area contributed by atoms with Crippen molar-refractivity contribution in [2.45, 2.75) is 25.9 Å². The number of nitrogens with one attached hydrogen (secondary N) is 1. The van der Waals surface area contributed by atoms with E-state index in [9.17, 15) is 9.59 Å². The highest BCUT2D eigenvalue weighted by Gasteiger charge is 2.21. The molecule has 1 fully saturated rings. The Balaban J connectivity index is 2.17. The number of hydrogen-bond donors (Lipinski definition) is 2. The summed E-state index contributed by atoms with van der Waals surface area (Å²) in [7, 11) is 1.50. The molecule has 0 aliphatic carbocycles. The summed E-state index contributed by atoms with van der Waals surface area (Å²) in [4.78, 5) is 24.6. The number of ether oxygens (including phenoxy) is 2. The molecule has 0 spiro atoms. The van der Waals surface area contributed by atoms with Crippen LogP contribution in [0.2, 0.25) is 5.02 Å². The van der Waals surface area contributed by atoms with Gasteiger partial charge in [-0.1, -0.05) is 11.6 Å². The lowest BCUT2D eigenvalue weighted by Crippen LogP contribution is -2.37. The Morgan fingerprint density at radius 2 is 2.25 bits per heavy atom. The monoisotopic (exact) mass is 355 g/mol. The first-order valence-electron chi connectivity index (χ1n) is 7.69. The standard InChI is InChI=1S/C16H22ClN3O4/c1-10-7-19-15(22)3-4-20(10)8-11-5-12(17)16(13(6-11)23-2)24-9-14(18)21/h5-6,10H,3-4,7-9H2,1-2H3,(H2,18,21)(H,19,22). The van der Waals surface area contributed by atoms with Crippen LogP contribution >= 0.6 is 11.6 Å². The Labute approximate surface area is 146 Å². The van der Waals surface area contributed by atoms with E-state index >= 15 is 0 Å². The molecule has 1 aromatic rings. The number of halogens is 1. The molecule has 0 aromatic heterocycles. The largest absolute Gasteiger partial charge is 0.493 e. The van der Waals surface area contributed by atoms with Crippen LogP contribution in [0.4, 0.5) is 0 Å². The maximum absolute atomic E-state index is 11.5. The fourth-order valence-corrected chi connectivity index (χ4v) is 2.85. The lowest BCUT2D eigenvalue weighted by molar-refractivity contribution is -0.121. The first kappa shape index (κ1) is 18.4. The molecule has 2 rings (SSSR count). The van der Waals surface area contributed by atoms with Gasteiger partial charge in [0.2, 0.25) is 5.91 Å². The van der Waals surface area contributed by atoms with Gasteiger partial charge in [-0.25, -0.2) is 0 Å². The normalized spacial score (nSPS) is 18.6. The van der Waals surface area contributed by atoms with Crippen molar-refractivity contribution in [3.8, 4) is 11.5 Å². The number of carbonyl (C=O) groups is 2. The van der Waals surface area contributed by atoms with Crippen LogP contribution in [0.25, 0.3) is 0 Å². The minimum absolute atomic E-state index is 0.0650. The molecule has 2 amide bonds. The van der Waals surface area contributed by atoms with Gasteiger partial charge in [0.05, 0.1) is 12.1 Å². The SMILES string of the molecule is COc1cc(CN2CCC(=O)NCC2C)cc(Cl)c1OCC(N)=O. The maximum atomic E-state index is 11.5. The van der Waals surface area contributed by atoms with Gasteiger partial charge in [-0.05, 0) is 24.6 Å². The average Bonchev–Trinajstić information content (AvgIpc) is 2.68. The van der Waals surface area contributed by atoms with E-state index < -0.39 is 5.91 Å². The van der Waals surface area contributed by atoms with Gasteiger partial charge in [0.25, 0.3) is 5.91 Å². The molecule has 1 aromatic carbocycles. The summed E-state index contributed by atoms with van der Waals surface area (Å²) in [5.41, 5.74) is 6.02. The van der Waals surface area contributed by atoms with E-state index in [1.54, 1.807) is 6.07 Å². The van der Waals surface area contributed by atoms with E-state index in [0.717, 1.165) is 5.56 Å². The average molecular weight is 356 g/mol. The summed E-state index contributed by atoms with van der Waals surface area (Å²) < 4.78 is 10.6. The third-order valence-electron chi connectivity index (χ3n) is 3.88. The van der Waals surface area contributed by atoms with E-state index in [1.165, 1.54) is 7.11 Å². The van der Waals surface area contributed by atoms with Gasteiger partial charge < -0.3 is 20.5 Å². The number of hydrogen-bond acceptors (Lipinski definition) is 5. The number of carbonyl (C=O) groups excluding carboxylic acids is 2. The quantitative estimate of drug-likeness (QED) is 0.791. The zero-order valence-electron chi connectivity index (χ0n) is 13.8. The van der Waals surface area contributed by atoms with Crippen molar-refractivity contribution in [1.29, 1.82) is 0 Å². The van der Waals surface area contributed by atoms with Crippen LogP contribution in [0.3, 0.4) is 0 Å². The van der Waals surface area contributed by atoms with Gasteiger partial charge in [-0.15, -0.1) is 0 Å². The minimum Gasteiger partial charge on any atom is -0.493 e. The summed E-state index contributed by atoms with van der Waals surface area (Å²) >= 11 is 6.26. The molecule has 0 saturated carbocycles. The molecule has 3 N–H and O–H groups in total. The van der Waals surface area contributed by atoms with Gasteiger partial charge in [0.15, 0.2) is 18.1 Å². The Hall–Kier alpha value is -1.99. The molecule has 132 valence electrons. The second-order valence-electron chi connectivity index (χ2n) is 5.74. The highest BCUT2D eigenvalue weighted by atomic mass is 35.5. The minimum atomic E-state index is -0.590. The van der Waals surface area contributed by atoms with Crippen molar-refractivity contribution in [2.75, 3.05) is 26.8 Å². The number of rotatable bonds is 6. The fraction of sp³-hybridized carbons (Fsp3) is 0.500. The third kappa shape index (κ3) is 4.75. The predicted molar refractivity (Wildman–Crippen MR) is 90.2 cm³/mol. The molecule has 0 radical (unpaired) electrons. The molecule has 1 aliphatic heterocycles. The Bertz CT molecular complexity index is 624. The van der Waals surface area contributed by atoms with E-state index in [1.807, 2.05) is 6.07 Å². The first-order valence-corrected chi connectivity index (χ1v) is 8.06. The second kappa shape index (κ2) is 8.21. The van der Waals surface area contributed by atoms with Crippen LogP contribution in [-0.4, -0.2) is 49.6 Å². The van der Waals surface area contributed by atoms with E-state index in [0.29, 0.717) is 42.6 Å². The molecule has 24 heavy (non-hydrogen) atoms. The molecular formula is C16H22ClN3O4. The molecule has 7 nitrogen and oxygen atoms in total. The number of benzene rings is 1. The van der Waals surface area contributed by atoms with Crippen molar-refractivity contribution in [2.24, 2.45) is 5.73 Å². The molecule has 0 bridgehead atoms. The van der Waals surface area contributed by atoms with Crippen LogP contribution in [0.1, 0.15) is 18.9 Å². The summed E-state index contributed by atoms with van der Waals surface area (Å²) in [6.45, 7) is 3.71. The van der Waals surface area contributed by atoms with Gasteiger partial charge in [0.1, 0.15) is 0 Å². The maximum Gasteiger partial charge on any atom is 0.255 e. The van der Waals surface area contributed by atoms with Crippen LogP contribution in [0.15, 0.2) is 12.1 Å². The first-order chi connectivity index (χ1) is 11.4. The highest BCUT2D eigenvalue weighted by molar-refractivity contribution is 6.32. The lowest BCUT2D eigenvalue weighted by atomic mass is 10.1. The van der Waals surface area contributed by atoms with Gasteiger partial charge >= 0.3 is 0 Å². The van der Waals surface area contributed by atoms with Crippen LogP contribution in [0, 0.1) is 0 Å². The second-order valence-corrected chi connectivity index (χ2v) is 6.14. The zero-order chi connectivity index (χ0) is 17.7. The van der Waals surface area contributed by atoms with Gasteiger partial charge in [0, 0.05) is 32.1 Å². The van der Waals surface area contributed by atoms with E-state index in [2.05, 4.69) is 17.1 Å². The number of primary amides is 1. The van der Waals surface area contributed by atoms with Crippen molar-refractivity contribution in [3.05, 3.63) is 22.7 Å². The summed E-state index contributed by atoms with van der Waals surface area (Å²) in [6.07, 6.45) is 0.467. The Kier molecular flexibility index (Phi) is 6.28. The number of nitrogens with zero attached hydrogens (tertiary/aromatic N) is 1. The highest BCUT2D eigenvalue weighted by Crippen LogP contribution is 2.36. The van der Waals surface area contributed by atoms with Gasteiger partial charge in [-0.2, -0.15) is 0 Å². The smallest absolute Gasteiger partial charge is 0.255 e. The lowest BCUT2D eigenvalue weighted by Gasteiger charge is -2.26.